The minimum absolute atomic E-state index is 0.0404. The second kappa shape index (κ2) is 7.55. The summed E-state index contributed by atoms with van der Waals surface area (Å²) in [7, 11) is 0. The Morgan fingerprint density at radius 3 is 2.40 bits per heavy atom. The van der Waals surface area contributed by atoms with Crippen molar-refractivity contribution in [2.45, 2.75) is 52.0 Å². The van der Waals surface area contributed by atoms with Crippen molar-refractivity contribution >= 4 is 11.9 Å². The van der Waals surface area contributed by atoms with Gasteiger partial charge in [-0.1, -0.05) is 51.1 Å². The smallest absolute Gasteiger partial charge is 0.339 e. The first-order chi connectivity index (χ1) is 11.7. The highest BCUT2D eigenvalue weighted by Gasteiger charge is 2.26. The van der Waals surface area contributed by atoms with E-state index in [9.17, 15) is 9.59 Å². The van der Waals surface area contributed by atoms with Crippen molar-refractivity contribution in [2.75, 3.05) is 0 Å². The van der Waals surface area contributed by atoms with Gasteiger partial charge in [0.25, 0.3) is 5.91 Å². The Balaban J connectivity index is 2.06. The maximum atomic E-state index is 12.4. The lowest BCUT2D eigenvalue weighted by molar-refractivity contribution is 0.0694. The van der Waals surface area contributed by atoms with E-state index in [0.717, 1.165) is 6.42 Å². The number of furan rings is 1. The molecule has 0 bridgehead atoms. The van der Waals surface area contributed by atoms with Crippen LogP contribution in [0.3, 0.4) is 0 Å². The summed E-state index contributed by atoms with van der Waals surface area (Å²) < 4.78 is 5.41. The summed E-state index contributed by atoms with van der Waals surface area (Å²) in [6, 6.07) is 11.3. The molecule has 134 valence electrons. The van der Waals surface area contributed by atoms with Crippen LogP contribution in [0, 0.1) is 0 Å². The molecular formula is C20H25NO4. The topological polar surface area (TPSA) is 79.5 Å². The predicted molar refractivity (Wildman–Crippen MR) is 96.1 cm³/mol. The van der Waals surface area contributed by atoms with E-state index in [1.165, 1.54) is 11.6 Å². The molecule has 1 unspecified atom stereocenters. The van der Waals surface area contributed by atoms with E-state index in [-0.39, 0.29) is 22.8 Å². The number of carboxylic acids is 1. The number of nitrogens with one attached hydrogen (secondary N) is 1. The number of rotatable bonds is 7. The van der Waals surface area contributed by atoms with Gasteiger partial charge in [-0.05, 0) is 24.3 Å². The molecule has 0 radical (unpaired) electrons. The molecule has 2 rings (SSSR count). The highest BCUT2D eigenvalue weighted by Crippen LogP contribution is 2.28. The van der Waals surface area contributed by atoms with E-state index < -0.39 is 11.9 Å². The van der Waals surface area contributed by atoms with Crippen LogP contribution in [-0.4, -0.2) is 23.0 Å². The van der Waals surface area contributed by atoms with Gasteiger partial charge in [-0.3, -0.25) is 4.79 Å². The quantitative estimate of drug-likeness (QED) is 0.795. The van der Waals surface area contributed by atoms with Crippen LogP contribution in [0.1, 0.15) is 66.4 Å². The molecule has 0 aliphatic rings. The Kier molecular flexibility index (Phi) is 5.67. The van der Waals surface area contributed by atoms with E-state index in [2.05, 4.69) is 31.3 Å². The Hall–Kier alpha value is -2.56. The van der Waals surface area contributed by atoms with Crippen molar-refractivity contribution in [3.63, 3.8) is 0 Å². The van der Waals surface area contributed by atoms with E-state index in [4.69, 9.17) is 9.52 Å². The first-order valence-corrected chi connectivity index (χ1v) is 8.47. The Bertz CT molecular complexity index is 746. The molecule has 0 saturated heterocycles. The first kappa shape index (κ1) is 18.8. The molecular weight excluding hydrogens is 318 g/mol. The van der Waals surface area contributed by atoms with Gasteiger partial charge in [0.1, 0.15) is 11.3 Å². The van der Waals surface area contributed by atoms with Crippen molar-refractivity contribution in [1.82, 2.24) is 5.32 Å². The molecule has 0 aliphatic heterocycles. The average Bonchev–Trinajstić information content (AvgIpc) is 3.00. The molecule has 2 aromatic rings. The van der Waals surface area contributed by atoms with Crippen LogP contribution in [0.15, 0.2) is 40.8 Å². The summed E-state index contributed by atoms with van der Waals surface area (Å²) in [5, 5.41) is 12.1. The molecule has 1 heterocycles. The van der Waals surface area contributed by atoms with Gasteiger partial charge in [-0.25, -0.2) is 4.79 Å². The Labute approximate surface area is 148 Å². The normalized spacial score (nSPS) is 12.6. The van der Waals surface area contributed by atoms with Gasteiger partial charge in [0.15, 0.2) is 5.76 Å². The number of amides is 1. The third-order valence-corrected chi connectivity index (χ3v) is 4.33. The van der Waals surface area contributed by atoms with E-state index in [1.807, 2.05) is 25.1 Å². The number of carbonyl (C=O) groups excluding carboxylic acids is 1. The van der Waals surface area contributed by atoms with Crippen molar-refractivity contribution in [1.29, 1.82) is 0 Å². The van der Waals surface area contributed by atoms with Gasteiger partial charge in [0.2, 0.25) is 0 Å². The molecule has 0 fully saturated rings. The van der Waals surface area contributed by atoms with Gasteiger partial charge in [0.05, 0.1) is 0 Å². The minimum Gasteiger partial charge on any atom is -0.478 e. The summed E-state index contributed by atoms with van der Waals surface area (Å²) in [6.07, 6.45) is 1.17. The molecule has 0 aliphatic carbocycles. The van der Waals surface area contributed by atoms with Crippen molar-refractivity contribution in [2.24, 2.45) is 0 Å². The minimum atomic E-state index is -1.09. The number of hydrogen-bond acceptors (Lipinski definition) is 3. The molecule has 1 amide bonds. The Morgan fingerprint density at radius 1 is 1.24 bits per heavy atom. The summed E-state index contributed by atoms with van der Waals surface area (Å²) in [4.78, 5) is 23.6. The number of carbonyl (C=O) groups is 2. The van der Waals surface area contributed by atoms with Crippen LogP contribution >= 0.6 is 0 Å². The molecule has 1 atom stereocenters. The van der Waals surface area contributed by atoms with Crippen LogP contribution in [0.2, 0.25) is 0 Å². The summed E-state index contributed by atoms with van der Waals surface area (Å²) >= 11 is 0. The number of carboxylic acid groups (broad SMARTS) is 1. The molecule has 0 spiro atoms. The van der Waals surface area contributed by atoms with Gasteiger partial charge in [-0.15, -0.1) is 0 Å². The molecule has 5 nitrogen and oxygen atoms in total. The van der Waals surface area contributed by atoms with Crippen LogP contribution in [-0.2, 0) is 11.8 Å². The van der Waals surface area contributed by atoms with E-state index in [1.54, 1.807) is 6.92 Å². The highest BCUT2D eigenvalue weighted by atomic mass is 16.4. The fraction of sp³-hybridized carbons (Fsp3) is 0.400. The zero-order valence-electron chi connectivity index (χ0n) is 15.1. The van der Waals surface area contributed by atoms with Gasteiger partial charge in [-0.2, -0.15) is 0 Å². The number of aryl methyl sites for hydroxylation is 1. The molecule has 2 N–H and O–H groups in total. The van der Waals surface area contributed by atoms with E-state index in [0.29, 0.717) is 12.2 Å². The fourth-order valence-electron chi connectivity index (χ4n) is 3.10. The van der Waals surface area contributed by atoms with Crippen molar-refractivity contribution < 1.29 is 19.1 Å². The monoisotopic (exact) mass is 343 g/mol. The average molecular weight is 343 g/mol. The van der Waals surface area contributed by atoms with Gasteiger partial charge < -0.3 is 14.8 Å². The lowest BCUT2D eigenvalue weighted by Crippen LogP contribution is -2.37. The molecule has 5 heteroatoms. The molecule has 1 aromatic heterocycles. The second-order valence-electron chi connectivity index (χ2n) is 6.93. The van der Waals surface area contributed by atoms with Crippen LogP contribution in [0.25, 0.3) is 0 Å². The van der Waals surface area contributed by atoms with Crippen molar-refractivity contribution in [3.05, 3.63) is 59.0 Å². The van der Waals surface area contributed by atoms with Gasteiger partial charge >= 0.3 is 5.97 Å². The molecule has 1 aromatic carbocycles. The zero-order valence-corrected chi connectivity index (χ0v) is 15.1. The maximum Gasteiger partial charge on any atom is 0.339 e. The van der Waals surface area contributed by atoms with Crippen LogP contribution in [0.4, 0.5) is 0 Å². The second-order valence-corrected chi connectivity index (χ2v) is 6.93. The Morgan fingerprint density at radius 2 is 1.88 bits per heavy atom. The highest BCUT2D eigenvalue weighted by molar-refractivity contribution is 5.96. The number of aromatic carboxylic acids is 1. The summed E-state index contributed by atoms with van der Waals surface area (Å²) in [6.45, 7) is 7.99. The lowest BCUT2D eigenvalue weighted by Gasteiger charge is -2.29. The standard InChI is InChI=1S/C20H25NO4/c1-5-16-15(19(23)24)11-17(25-16)18(22)21-13(2)12-20(3,4)14-9-7-6-8-10-14/h6-11,13H,5,12H2,1-4H3,(H,21,22)(H,23,24). The summed E-state index contributed by atoms with van der Waals surface area (Å²) in [5.74, 6) is -1.12. The third-order valence-electron chi connectivity index (χ3n) is 4.33. The zero-order chi connectivity index (χ0) is 18.6. The molecule has 0 saturated carbocycles. The molecule has 25 heavy (non-hydrogen) atoms. The predicted octanol–water partition coefficient (Wildman–Crippen LogP) is 4.03. The van der Waals surface area contributed by atoms with Gasteiger partial charge in [0, 0.05) is 18.5 Å². The summed E-state index contributed by atoms with van der Waals surface area (Å²) in [5.41, 5.74) is 1.15. The number of hydrogen-bond donors (Lipinski definition) is 2. The SMILES string of the molecule is CCc1oc(C(=O)NC(C)CC(C)(C)c2ccccc2)cc1C(=O)O. The third kappa shape index (κ3) is 4.50. The lowest BCUT2D eigenvalue weighted by atomic mass is 9.79. The maximum absolute atomic E-state index is 12.4. The van der Waals surface area contributed by atoms with Crippen molar-refractivity contribution in [3.8, 4) is 0 Å². The fourth-order valence-corrected chi connectivity index (χ4v) is 3.10. The first-order valence-electron chi connectivity index (χ1n) is 8.47. The largest absolute Gasteiger partial charge is 0.478 e. The van der Waals surface area contributed by atoms with E-state index >= 15 is 0 Å². The van der Waals surface area contributed by atoms with Crippen LogP contribution in [0.5, 0.6) is 0 Å². The number of benzene rings is 1. The van der Waals surface area contributed by atoms with Crippen LogP contribution < -0.4 is 5.32 Å².